The highest BCUT2D eigenvalue weighted by Gasteiger charge is 2.20. The lowest BCUT2D eigenvalue weighted by atomic mass is 10.2. The maximum atomic E-state index is 4.73. The van der Waals surface area contributed by atoms with Gasteiger partial charge in [-0.05, 0) is 5.56 Å². The quantitative estimate of drug-likeness (QED) is 0.583. The number of hydrogen-bond donors (Lipinski definition) is 0. The van der Waals surface area contributed by atoms with Gasteiger partial charge < -0.3 is 0 Å². The van der Waals surface area contributed by atoms with E-state index in [4.69, 9.17) is 14.5 Å². The summed E-state index contributed by atoms with van der Waals surface area (Å²) in [6.45, 7) is 3.63. The second kappa shape index (κ2) is 8.01. The molecule has 16 heavy (non-hydrogen) atoms. The van der Waals surface area contributed by atoms with Crippen LogP contribution in [0.25, 0.3) is 6.08 Å². The lowest BCUT2D eigenvalue weighted by Gasteiger charge is -2.19. The predicted molar refractivity (Wildman–Crippen MR) is 63.7 cm³/mol. The Kier molecular flexibility index (Phi) is 7.41. The lowest BCUT2D eigenvalue weighted by Crippen LogP contribution is -2.40. The summed E-state index contributed by atoms with van der Waals surface area (Å²) in [6.07, 6.45) is 1.83. The van der Waals surface area contributed by atoms with Gasteiger partial charge in [0.1, 0.15) is 21.3 Å². The van der Waals surface area contributed by atoms with E-state index in [1.807, 2.05) is 36.4 Å². The van der Waals surface area contributed by atoms with Gasteiger partial charge in [-0.1, -0.05) is 43.0 Å². The van der Waals surface area contributed by atoms with Crippen molar-refractivity contribution in [2.24, 2.45) is 0 Å². The molecular formula is C12H20NO3+. The van der Waals surface area contributed by atoms with Crippen LogP contribution in [0.4, 0.5) is 0 Å². The van der Waals surface area contributed by atoms with Gasteiger partial charge in [-0.15, -0.1) is 14.5 Å². The van der Waals surface area contributed by atoms with E-state index in [0.717, 1.165) is 0 Å². The minimum atomic E-state index is -0.292. The average molecular weight is 226 g/mol. The molecule has 4 heteroatoms. The Bertz CT molecular complexity index is 275. The summed E-state index contributed by atoms with van der Waals surface area (Å²) in [7, 11) is 6.10. The van der Waals surface area contributed by atoms with Crippen LogP contribution in [-0.4, -0.2) is 33.4 Å². The topological polar surface area (TPSA) is 27.7 Å². The van der Waals surface area contributed by atoms with Crippen LogP contribution in [0.1, 0.15) is 5.56 Å². The van der Waals surface area contributed by atoms with Gasteiger partial charge in [0, 0.05) is 0 Å². The minimum absolute atomic E-state index is 0.292. The second-order valence-corrected chi connectivity index (χ2v) is 2.93. The zero-order valence-corrected chi connectivity index (χ0v) is 10.3. The van der Waals surface area contributed by atoms with E-state index in [1.165, 1.54) is 26.9 Å². The lowest BCUT2D eigenvalue weighted by molar-refractivity contribution is -1.35. The molecule has 0 amide bonds. The van der Waals surface area contributed by atoms with E-state index in [1.54, 1.807) is 7.05 Å². The van der Waals surface area contributed by atoms with Crippen LogP contribution < -0.4 is 0 Å². The fourth-order valence-corrected chi connectivity index (χ4v) is 0.813. The van der Waals surface area contributed by atoms with Crippen molar-refractivity contribution >= 4 is 6.08 Å². The third kappa shape index (κ3) is 5.63. The van der Waals surface area contributed by atoms with Crippen LogP contribution in [0.5, 0.6) is 0 Å². The molecule has 1 rings (SSSR count). The fourth-order valence-electron chi connectivity index (χ4n) is 0.813. The van der Waals surface area contributed by atoms with Crippen LogP contribution in [0, 0.1) is 0 Å². The van der Waals surface area contributed by atoms with Gasteiger partial charge in [-0.3, -0.25) is 0 Å². The Morgan fingerprint density at radius 1 is 1.00 bits per heavy atom. The maximum absolute atomic E-state index is 4.73. The van der Waals surface area contributed by atoms with Gasteiger partial charge in [0.05, 0.1) is 4.97 Å². The third-order valence-corrected chi connectivity index (χ3v) is 2.03. The summed E-state index contributed by atoms with van der Waals surface area (Å²) in [5, 5.41) is 0. The first kappa shape index (κ1) is 14.8. The van der Waals surface area contributed by atoms with Crippen LogP contribution in [0.15, 0.2) is 36.9 Å². The Morgan fingerprint density at radius 3 is 1.62 bits per heavy atom. The molecule has 0 radical (unpaired) electrons. The molecule has 0 heterocycles. The van der Waals surface area contributed by atoms with Crippen molar-refractivity contribution in [1.29, 1.82) is 0 Å². The summed E-state index contributed by atoms with van der Waals surface area (Å²) >= 11 is 0. The van der Waals surface area contributed by atoms with Crippen molar-refractivity contribution in [3.05, 3.63) is 42.5 Å². The van der Waals surface area contributed by atoms with Crippen LogP contribution >= 0.6 is 0 Å². The molecule has 0 atom stereocenters. The molecule has 0 aliphatic carbocycles. The van der Waals surface area contributed by atoms with Gasteiger partial charge in [-0.25, -0.2) is 0 Å². The first-order valence-corrected chi connectivity index (χ1v) is 4.83. The summed E-state index contributed by atoms with van der Waals surface area (Å²) in [5.74, 6) is 0. The number of benzene rings is 1. The number of quaternary nitrogens is 1. The Labute approximate surface area is 97.1 Å². The molecule has 90 valence electrons. The molecule has 1 aromatic rings. The van der Waals surface area contributed by atoms with Gasteiger partial charge in [0.2, 0.25) is 0 Å². The molecule has 0 bridgehead atoms. The zero-order chi connectivity index (χ0) is 12.4. The van der Waals surface area contributed by atoms with E-state index in [9.17, 15) is 0 Å². The van der Waals surface area contributed by atoms with E-state index in [0.29, 0.717) is 0 Å². The number of hydrogen-bond acceptors (Lipinski definition) is 3. The van der Waals surface area contributed by atoms with Crippen LogP contribution in [0.3, 0.4) is 0 Å². The zero-order valence-electron chi connectivity index (χ0n) is 10.3. The SMILES string of the molecule is C=Cc1ccccc1.CO[N+](C)(OC)OC. The van der Waals surface area contributed by atoms with Crippen molar-refractivity contribution in [3.63, 3.8) is 0 Å². The molecular weight excluding hydrogens is 206 g/mol. The minimum Gasteiger partial charge on any atom is -0.135 e. The Morgan fingerprint density at radius 2 is 1.44 bits per heavy atom. The van der Waals surface area contributed by atoms with E-state index < -0.39 is 0 Å². The van der Waals surface area contributed by atoms with E-state index >= 15 is 0 Å². The first-order chi connectivity index (χ1) is 7.61. The Hall–Kier alpha value is -1.20. The molecule has 0 aromatic heterocycles. The van der Waals surface area contributed by atoms with Crippen LogP contribution in [0.2, 0.25) is 0 Å². The monoisotopic (exact) mass is 226 g/mol. The second-order valence-electron chi connectivity index (χ2n) is 2.93. The van der Waals surface area contributed by atoms with Crippen molar-refractivity contribution in [2.75, 3.05) is 28.4 Å². The van der Waals surface area contributed by atoms with Gasteiger partial charge in [0.15, 0.2) is 7.05 Å². The van der Waals surface area contributed by atoms with Gasteiger partial charge in [-0.2, -0.15) is 0 Å². The normalized spacial score (nSPS) is 10.2. The summed E-state index contributed by atoms with van der Waals surface area (Å²) < 4.78 is 0. The fraction of sp³-hybridized carbons (Fsp3) is 0.333. The molecule has 0 unspecified atom stereocenters. The van der Waals surface area contributed by atoms with E-state index in [2.05, 4.69) is 6.58 Å². The van der Waals surface area contributed by atoms with Crippen molar-refractivity contribution in [1.82, 2.24) is 0 Å². The van der Waals surface area contributed by atoms with Crippen molar-refractivity contribution in [2.45, 2.75) is 0 Å². The number of nitrogens with zero attached hydrogens (tertiary/aromatic N) is 1. The molecule has 0 spiro atoms. The van der Waals surface area contributed by atoms with Crippen molar-refractivity contribution < 1.29 is 19.5 Å². The maximum Gasteiger partial charge on any atom is 0.168 e. The summed E-state index contributed by atoms with van der Waals surface area (Å²) in [6, 6.07) is 10.0. The predicted octanol–water partition coefficient (Wildman–Crippen LogP) is 2.45. The first-order valence-electron chi connectivity index (χ1n) is 4.83. The number of rotatable bonds is 4. The largest absolute Gasteiger partial charge is 0.168 e. The average Bonchev–Trinajstić information content (AvgIpc) is 2.39. The molecule has 0 N–H and O–H groups in total. The van der Waals surface area contributed by atoms with Crippen molar-refractivity contribution in [3.8, 4) is 0 Å². The molecule has 0 saturated carbocycles. The Balaban J connectivity index is 0.000000281. The highest BCUT2D eigenvalue weighted by atomic mass is 17.2. The molecule has 0 fully saturated rings. The smallest absolute Gasteiger partial charge is 0.135 e. The molecule has 1 aromatic carbocycles. The van der Waals surface area contributed by atoms with Crippen LogP contribution in [-0.2, 0) is 14.5 Å². The molecule has 4 nitrogen and oxygen atoms in total. The number of hydroxylamine groups is 3. The summed E-state index contributed by atoms with van der Waals surface area (Å²) in [5.41, 5.74) is 1.17. The third-order valence-electron chi connectivity index (χ3n) is 2.03. The van der Waals surface area contributed by atoms with E-state index in [-0.39, 0.29) is 4.97 Å². The molecule has 0 saturated heterocycles. The van der Waals surface area contributed by atoms with Gasteiger partial charge >= 0.3 is 0 Å². The standard InChI is InChI=1S/C8H8.C4H12NO3/c1-2-8-6-4-3-5-7-8;1-5(6-2,7-3)8-4/h2-7H,1H2;1-4H3/q;+1. The molecule has 0 aliphatic rings. The highest BCUT2D eigenvalue weighted by Crippen LogP contribution is 1.99. The van der Waals surface area contributed by atoms with Gasteiger partial charge in [0.25, 0.3) is 0 Å². The summed E-state index contributed by atoms with van der Waals surface area (Å²) in [4.78, 5) is 13.9. The highest BCUT2D eigenvalue weighted by molar-refractivity contribution is 5.45. The molecule has 0 aliphatic heterocycles.